The Balaban J connectivity index is 1.55. The first-order valence-electron chi connectivity index (χ1n) is 8.84. The minimum atomic E-state index is -0.570. The van der Waals surface area contributed by atoms with E-state index in [-0.39, 0.29) is 41.6 Å². The third-order valence-corrected chi connectivity index (χ3v) is 4.22. The highest BCUT2D eigenvalue weighted by molar-refractivity contribution is 6.03. The van der Waals surface area contributed by atoms with Gasteiger partial charge < -0.3 is 10.6 Å². The van der Waals surface area contributed by atoms with E-state index in [1.54, 1.807) is 30.3 Å². The number of amides is 2. The number of hydrogen-bond donors (Lipinski definition) is 4. The number of ketones is 1. The van der Waals surface area contributed by atoms with Crippen LogP contribution in [0.1, 0.15) is 23.2 Å². The largest absolute Gasteiger partial charge is 0.347 e. The summed E-state index contributed by atoms with van der Waals surface area (Å²) in [7, 11) is 0. The minimum Gasteiger partial charge on any atom is -0.347 e. The second-order valence-corrected chi connectivity index (χ2v) is 6.25. The van der Waals surface area contributed by atoms with Crippen molar-refractivity contribution in [1.29, 1.82) is 0 Å². The predicted molar refractivity (Wildman–Crippen MR) is 107 cm³/mol. The number of hydrogen-bond acceptors (Lipinski definition) is 5. The molecule has 0 aliphatic heterocycles. The number of carbonyl (C=O) groups is 3. The Morgan fingerprint density at radius 1 is 0.793 bits per heavy atom. The molecule has 3 rings (SSSR count). The van der Waals surface area contributed by atoms with E-state index in [0.29, 0.717) is 5.56 Å². The van der Waals surface area contributed by atoms with Crippen LogP contribution in [0, 0.1) is 0 Å². The molecular weight excluding hydrogens is 376 g/mol. The number of H-pyrrole nitrogens is 2. The summed E-state index contributed by atoms with van der Waals surface area (Å²) in [6.45, 7) is -0.337. The molecule has 1 aromatic heterocycles. The first-order chi connectivity index (χ1) is 14.0. The highest BCUT2D eigenvalue weighted by atomic mass is 16.2. The summed E-state index contributed by atoms with van der Waals surface area (Å²) in [5.41, 5.74) is -0.367. The quantitative estimate of drug-likeness (QED) is 0.441. The molecule has 0 aliphatic carbocycles. The molecule has 3 aromatic rings. The maximum atomic E-state index is 12.1. The predicted octanol–water partition coefficient (Wildman–Crippen LogP) is 0.934. The van der Waals surface area contributed by atoms with E-state index in [4.69, 9.17) is 0 Å². The molecule has 9 nitrogen and oxygen atoms in total. The van der Waals surface area contributed by atoms with Crippen molar-refractivity contribution in [2.45, 2.75) is 12.8 Å². The molecule has 2 amide bonds. The van der Waals surface area contributed by atoms with Gasteiger partial charge in [0.2, 0.25) is 11.8 Å². The van der Waals surface area contributed by atoms with Crippen molar-refractivity contribution in [3.63, 3.8) is 0 Å². The number of Topliss-reactive ketones (excluding diaryl/α,β-unsaturated/α-hetero) is 1. The number of rotatable bonds is 7. The molecular formula is C20H18N4O5. The monoisotopic (exact) mass is 394 g/mol. The topological polar surface area (TPSA) is 141 Å². The van der Waals surface area contributed by atoms with Crippen molar-refractivity contribution in [2.75, 3.05) is 11.9 Å². The Hall–Kier alpha value is -4.01. The van der Waals surface area contributed by atoms with E-state index in [9.17, 15) is 24.0 Å². The average Bonchev–Trinajstić information content (AvgIpc) is 2.74. The van der Waals surface area contributed by atoms with Crippen molar-refractivity contribution in [1.82, 2.24) is 15.5 Å². The zero-order chi connectivity index (χ0) is 20.8. The van der Waals surface area contributed by atoms with Crippen LogP contribution in [0.4, 0.5) is 5.69 Å². The Labute approximate surface area is 164 Å². The van der Waals surface area contributed by atoms with Gasteiger partial charge >= 0.3 is 0 Å². The van der Waals surface area contributed by atoms with Crippen LogP contribution in [0.3, 0.4) is 0 Å². The molecule has 0 spiro atoms. The lowest BCUT2D eigenvalue weighted by molar-refractivity contribution is -0.124. The zero-order valence-electron chi connectivity index (χ0n) is 15.3. The maximum Gasteiger partial charge on any atom is 0.272 e. The summed E-state index contributed by atoms with van der Waals surface area (Å²) >= 11 is 0. The van der Waals surface area contributed by atoms with E-state index >= 15 is 0 Å². The van der Waals surface area contributed by atoms with Gasteiger partial charge in [-0.05, 0) is 12.1 Å². The van der Waals surface area contributed by atoms with Gasteiger partial charge in [-0.25, -0.2) is 0 Å². The van der Waals surface area contributed by atoms with Crippen LogP contribution < -0.4 is 21.8 Å². The van der Waals surface area contributed by atoms with E-state index < -0.39 is 22.9 Å². The van der Waals surface area contributed by atoms with Crippen molar-refractivity contribution in [3.8, 4) is 0 Å². The van der Waals surface area contributed by atoms with Crippen LogP contribution in [0.15, 0.2) is 58.1 Å². The fraction of sp³-hybridized carbons (Fsp3) is 0.150. The second-order valence-electron chi connectivity index (χ2n) is 6.25. The van der Waals surface area contributed by atoms with Gasteiger partial charge in [-0.3, -0.25) is 34.2 Å². The number of carbonyl (C=O) groups excluding carboxylic acids is 3. The van der Waals surface area contributed by atoms with Crippen LogP contribution in [0.5, 0.6) is 0 Å². The number of aromatic amines is 2. The van der Waals surface area contributed by atoms with E-state index in [2.05, 4.69) is 20.8 Å². The Bertz CT molecular complexity index is 1180. The van der Waals surface area contributed by atoms with E-state index in [1.807, 2.05) is 0 Å². The molecule has 0 aliphatic rings. The maximum absolute atomic E-state index is 12.1. The summed E-state index contributed by atoms with van der Waals surface area (Å²) in [5, 5.41) is 9.52. The normalized spacial score (nSPS) is 10.5. The fourth-order valence-corrected chi connectivity index (χ4v) is 2.79. The second kappa shape index (κ2) is 8.79. The van der Waals surface area contributed by atoms with E-state index in [1.165, 1.54) is 18.2 Å². The number of benzene rings is 2. The SMILES string of the molecule is O=C(CCC(=O)c1ccccc1)NCC(=O)Nc1cccc2c(=O)[nH][nH]c(=O)c12. The van der Waals surface area contributed by atoms with Crippen LogP contribution in [-0.2, 0) is 9.59 Å². The van der Waals surface area contributed by atoms with Gasteiger partial charge in [-0.1, -0.05) is 36.4 Å². The average molecular weight is 394 g/mol. The number of fused-ring (bicyclic) bond motifs is 1. The van der Waals surface area contributed by atoms with E-state index in [0.717, 1.165) is 0 Å². The van der Waals surface area contributed by atoms with Gasteiger partial charge in [-0.15, -0.1) is 0 Å². The Kier molecular flexibility index (Phi) is 5.98. The molecule has 2 aromatic carbocycles. The molecule has 4 N–H and O–H groups in total. The zero-order valence-corrected chi connectivity index (χ0v) is 15.3. The molecule has 0 radical (unpaired) electrons. The molecule has 148 valence electrons. The van der Waals surface area contributed by atoms with Crippen molar-refractivity contribution < 1.29 is 14.4 Å². The Morgan fingerprint density at radius 3 is 2.28 bits per heavy atom. The van der Waals surface area contributed by atoms with Crippen LogP contribution in [0.2, 0.25) is 0 Å². The summed E-state index contributed by atoms with van der Waals surface area (Å²) in [5.74, 6) is -1.18. The van der Waals surface area contributed by atoms with Crippen molar-refractivity contribution in [2.24, 2.45) is 0 Å². The van der Waals surface area contributed by atoms with Crippen molar-refractivity contribution in [3.05, 3.63) is 74.8 Å². The summed E-state index contributed by atoms with van der Waals surface area (Å²) in [6.07, 6.45) is -0.0245. The number of aromatic nitrogens is 2. The van der Waals surface area contributed by atoms with Crippen LogP contribution in [-0.4, -0.2) is 34.3 Å². The third kappa shape index (κ3) is 4.83. The molecule has 1 heterocycles. The van der Waals surface area contributed by atoms with Crippen LogP contribution >= 0.6 is 0 Å². The molecule has 0 saturated heterocycles. The van der Waals surface area contributed by atoms with Crippen LogP contribution in [0.25, 0.3) is 10.8 Å². The lowest BCUT2D eigenvalue weighted by atomic mass is 10.1. The summed E-state index contributed by atoms with van der Waals surface area (Å²) in [6, 6.07) is 13.1. The molecule has 0 fully saturated rings. The fourth-order valence-electron chi connectivity index (χ4n) is 2.79. The smallest absolute Gasteiger partial charge is 0.272 e. The molecule has 0 bridgehead atoms. The first-order valence-corrected chi connectivity index (χ1v) is 8.84. The molecule has 0 atom stereocenters. The van der Waals surface area contributed by atoms with Gasteiger partial charge in [-0.2, -0.15) is 0 Å². The molecule has 0 saturated carbocycles. The summed E-state index contributed by atoms with van der Waals surface area (Å²) < 4.78 is 0. The first kappa shape index (κ1) is 19.7. The van der Waals surface area contributed by atoms with Crippen molar-refractivity contribution >= 4 is 34.1 Å². The lowest BCUT2D eigenvalue weighted by Crippen LogP contribution is -2.33. The van der Waals surface area contributed by atoms with Gasteiger partial charge in [0.1, 0.15) is 0 Å². The van der Waals surface area contributed by atoms with Gasteiger partial charge in [0.05, 0.1) is 23.0 Å². The Morgan fingerprint density at radius 2 is 1.52 bits per heavy atom. The minimum absolute atomic E-state index is 0.0267. The summed E-state index contributed by atoms with van der Waals surface area (Å²) in [4.78, 5) is 59.8. The third-order valence-electron chi connectivity index (χ3n) is 4.22. The molecule has 9 heteroatoms. The number of nitrogens with one attached hydrogen (secondary N) is 4. The highest BCUT2D eigenvalue weighted by Gasteiger charge is 2.13. The lowest BCUT2D eigenvalue weighted by Gasteiger charge is -2.09. The highest BCUT2D eigenvalue weighted by Crippen LogP contribution is 2.16. The standard InChI is InChI=1S/C20H18N4O5/c25-15(12-5-2-1-3-6-12)9-10-16(26)21-11-17(27)22-14-8-4-7-13-18(14)20(29)24-23-19(13)28/h1-8H,9-11H2,(H,21,26)(H,22,27)(H,23,28)(H,24,29). The van der Waals surface area contributed by atoms with Gasteiger partial charge in [0, 0.05) is 18.4 Å². The molecule has 29 heavy (non-hydrogen) atoms. The van der Waals surface area contributed by atoms with Gasteiger partial charge in [0.25, 0.3) is 11.1 Å². The number of anilines is 1. The van der Waals surface area contributed by atoms with Gasteiger partial charge in [0.15, 0.2) is 5.78 Å². The molecule has 0 unspecified atom stereocenters.